The fraction of sp³-hybridized carbons (Fsp3) is 0.211. The van der Waals surface area contributed by atoms with E-state index in [1.807, 2.05) is 0 Å². The average molecular weight is 356 g/mol. The molecule has 0 aromatic heterocycles. The first-order valence-electron chi connectivity index (χ1n) is 7.99. The van der Waals surface area contributed by atoms with Crippen LogP contribution in [0.5, 0.6) is 0 Å². The Labute approximate surface area is 149 Å². The molecule has 134 valence electrons. The van der Waals surface area contributed by atoms with E-state index in [4.69, 9.17) is 0 Å². The van der Waals surface area contributed by atoms with Crippen molar-refractivity contribution in [3.8, 4) is 0 Å². The Morgan fingerprint density at radius 2 is 1.69 bits per heavy atom. The van der Waals surface area contributed by atoms with E-state index in [-0.39, 0.29) is 12.5 Å². The summed E-state index contributed by atoms with van der Waals surface area (Å²) < 4.78 is 17.7. The topological polar surface area (TPSA) is 66.9 Å². The number of methoxy groups -OCH3 is 1. The predicted molar refractivity (Wildman–Crippen MR) is 92.1 cm³/mol. The van der Waals surface area contributed by atoms with Crippen molar-refractivity contribution in [1.82, 2.24) is 4.90 Å². The summed E-state index contributed by atoms with van der Waals surface area (Å²) in [5.41, 5.74) is 1.55. The fourth-order valence-corrected chi connectivity index (χ4v) is 2.85. The summed E-state index contributed by atoms with van der Waals surface area (Å²) in [7, 11) is 1.29. The van der Waals surface area contributed by atoms with Gasteiger partial charge in [-0.25, -0.2) is 14.0 Å². The monoisotopic (exact) mass is 356 g/mol. The normalized spacial score (nSPS) is 17.0. The van der Waals surface area contributed by atoms with Gasteiger partial charge in [0.05, 0.1) is 19.2 Å². The number of urea groups is 1. The zero-order valence-electron chi connectivity index (χ0n) is 14.3. The molecule has 0 saturated carbocycles. The van der Waals surface area contributed by atoms with Crippen molar-refractivity contribution in [2.75, 3.05) is 12.0 Å². The second-order valence-electron chi connectivity index (χ2n) is 5.92. The van der Waals surface area contributed by atoms with Crippen LogP contribution in [0.1, 0.15) is 22.8 Å². The molecule has 3 amide bonds. The summed E-state index contributed by atoms with van der Waals surface area (Å²) >= 11 is 0. The number of carbonyl (C=O) groups excluding carboxylic acids is 3. The summed E-state index contributed by atoms with van der Waals surface area (Å²) in [5.74, 6) is -1.21. The highest BCUT2D eigenvalue weighted by Crippen LogP contribution is 2.27. The van der Waals surface area contributed by atoms with Crippen LogP contribution in [0.2, 0.25) is 0 Å². The smallest absolute Gasteiger partial charge is 0.337 e. The maximum atomic E-state index is 13.1. The number of hydrogen-bond donors (Lipinski definition) is 0. The molecule has 3 rings (SSSR count). The molecule has 2 aromatic carbocycles. The van der Waals surface area contributed by atoms with E-state index in [0.29, 0.717) is 16.8 Å². The lowest BCUT2D eigenvalue weighted by molar-refractivity contribution is -0.127. The minimum atomic E-state index is -0.678. The quantitative estimate of drug-likeness (QED) is 0.624. The lowest BCUT2D eigenvalue weighted by atomic mass is 10.1. The van der Waals surface area contributed by atoms with Gasteiger partial charge in [-0.15, -0.1) is 0 Å². The lowest BCUT2D eigenvalue weighted by Gasteiger charge is -2.19. The predicted octanol–water partition coefficient (Wildman–Crippen LogP) is 2.97. The van der Waals surface area contributed by atoms with Crippen molar-refractivity contribution in [3.63, 3.8) is 0 Å². The SMILES string of the molecule is COC(=O)c1ccc(CN2C(=O)C(C)N(c3ccc(F)cc3)C2=O)cc1. The Kier molecular flexibility index (Phi) is 4.71. The summed E-state index contributed by atoms with van der Waals surface area (Å²) in [4.78, 5) is 39.2. The van der Waals surface area contributed by atoms with Crippen LogP contribution < -0.4 is 4.90 Å². The number of esters is 1. The lowest BCUT2D eigenvalue weighted by Crippen LogP contribution is -2.33. The van der Waals surface area contributed by atoms with Gasteiger partial charge in [-0.2, -0.15) is 0 Å². The van der Waals surface area contributed by atoms with Crippen molar-refractivity contribution < 1.29 is 23.5 Å². The molecule has 1 aliphatic rings. The number of rotatable bonds is 4. The van der Waals surface area contributed by atoms with Crippen LogP contribution in [0.4, 0.5) is 14.9 Å². The van der Waals surface area contributed by atoms with Crippen molar-refractivity contribution in [1.29, 1.82) is 0 Å². The number of halogens is 1. The standard InChI is InChI=1S/C19H17FN2O4/c1-12-17(23)21(11-13-3-5-14(6-4-13)18(24)26-2)19(25)22(12)16-9-7-15(20)8-10-16/h3-10,12H,11H2,1-2H3. The van der Waals surface area contributed by atoms with E-state index in [1.165, 1.54) is 36.3 Å². The van der Waals surface area contributed by atoms with Crippen LogP contribution in [0.3, 0.4) is 0 Å². The largest absolute Gasteiger partial charge is 0.465 e. The number of ether oxygens (including phenoxy) is 1. The van der Waals surface area contributed by atoms with E-state index in [9.17, 15) is 18.8 Å². The molecule has 0 N–H and O–H groups in total. The van der Waals surface area contributed by atoms with Crippen LogP contribution in [0, 0.1) is 5.82 Å². The highest BCUT2D eigenvalue weighted by molar-refractivity contribution is 6.13. The first kappa shape index (κ1) is 17.6. The summed E-state index contributed by atoms with van der Waals surface area (Å²) in [6.45, 7) is 1.71. The van der Waals surface area contributed by atoms with Crippen LogP contribution in [-0.2, 0) is 16.1 Å². The number of hydrogen-bond acceptors (Lipinski definition) is 4. The second-order valence-corrected chi connectivity index (χ2v) is 5.92. The summed E-state index contributed by atoms with van der Waals surface area (Å²) in [6.07, 6.45) is 0. The average Bonchev–Trinajstić information content (AvgIpc) is 2.86. The van der Waals surface area contributed by atoms with Crippen LogP contribution in [0.15, 0.2) is 48.5 Å². The third kappa shape index (κ3) is 3.15. The van der Waals surface area contributed by atoms with Crippen molar-refractivity contribution in [3.05, 3.63) is 65.5 Å². The zero-order chi connectivity index (χ0) is 18.8. The van der Waals surface area contributed by atoms with Crippen molar-refractivity contribution in [2.45, 2.75) is 19.5 Å². The molecule has 0 aliphatic carbocycles. The van der Waals surface area contributed by atoms with E-state index in [2.05, 4.69) is 4.74 Å². The number of benzene rings is 2. The Morgan fingerprint density at radius 3 is 2.27 bits per heavy atom. The minimum absolute atomic E-state index is 0.0845. The number of nitrogens with zero attached hydrogens (tertiary/aromatic N) is 2. The molecule has 1 saturated heterocycles. The maximum absolute atomic E-state index is 13.1. The van der Waals surface area contributed by atoms with Gasteiger partial charge in [-0.3, -0.25) is 14.6 Å². The molecular weight excluding hydrogens is 339 g/mol. The zero-order valence-corrected chi connectivity index (χ0v) is 14.3. The molecule has 0 spiro atoms. The third-order valence-corrected chi connectivity index (χ3v) is 4.27. The number of amides is 3. The highest BCUT2D eigenvalue weighted by atomic mass is 19.1. The number of carbonyl (C=O) groups is 3. The van der Waals surface area contributed by atoms with E-state index in [0.717, 1.165) is 4.90 Å². The van der Waals surface area contributed by atoms with Gasteiger partial charge in [0.15, 0.2) is 0 Å². The molecule has 0 bridgehead atoms. The minimum Gasteiger partial charge on any atom is -0.465 e. The molecule has 1 heterocycles. The molecular formula is C19H17FN2O4. The van der Waals surface area contributed by atoms with Gasteiger partial charge in [-0.05, 0) is 48.9 Å². The molecule has 1 atom stereocenters. The van der Waals surface area contributed by atoms with Gasteiger partial charge < -0.3 is 4.74 Å². The van der Waals surface area contributed by atoms with Gasteiger partial charge in [0.1, 0.15) is 11.9 Å². The molecule has 1 aliphatic heterocycles. The summed E-state index contributed by atoms with van der Waals surface area (Å²) in [5, 5.41) is 0. The first-order valence-corrected chi connectivity index (χ1v) is 7.99. The molecule has 7 heteroatoms. The van der Waals surface area contributed by atoms with Crippen molar-refractivity contribution >= 4 is 23.6 Å². The summed E-state index contributed by atoms with van der Waals surface area (Å²) in [6, 6.07) is 10.8. The molecule has 1 unspecified atom stereocenters. The third-order valence-electron chi connectivity index (χ3n) is 4.27. The van der Waals surface area contributed by atoms with Gasteiger partial charge in [-0.1, -0.05) is 12.1 Å². The first-order chi connectivity index (χ1) is 12.4. The number of anilines is 1. The molecule has 2 aromatic rings. The second kappa shape index (κ2) is 6.95. The Morgan fingerprint density at radius 1 is 1.08 bits per heavy atom. The van der Waals surface area contributed by atoms with Gasteiger partial charge in [0, 0.05) is 5.69 Å². The molecule has 6 nitrogen and oxygen atoms in total. The maximum Gasteiger partial charge on any atom is 0.337 e. The van der Waals surface area contributed by atoms with Gasteiger partial charge in [0.25, 0.3) is 5.91 Å². The van der Waals surface area contributed by atoms with Gasteiger partial charge >= 0.3 is 12.0 Å². The molecule has 26 heavy (non-hydrogen) atoms. The fourth-order valence-electron chi connectivity index (χ4n) is 2.85. The Hall–Kier alpha value is -3.22. The van der Waals surface area contributed by atoms with E-state index >= 15 is 0 Å². The number of imide groups is 1. The highest BCUT2D eigenvalue weighted by Gasteiger charge is 2.43. The van der Waals surface area contributed by atoms with Crippen LogP contribution >= 0.6 is 0 Å². The van der Waals surface area contributed by atoms with Gasteiger partial charge in [0.2, 0.25) is 0 Å². The van der Waals surface area contributed by atoms with E-state index < -0.39 is 23.9 Å². The van der Waals surface area contributed by atoms with Crippen molar-refractivity contribution in [2.24, 2.45) is 0 Å². The van der Waals surface area contributed by atoms with Crippen LogP contribution in [0.25, 0.3) is 0 Å². The Balaban J connectivity index is 1.80. The van der Waals surface area contributed by atoms with E-state index in [1.54, 1.807) is 31.2 Å². The Bertz CT molecular complexity index is 849. The molecule has 0 radical (unpaired) electrons. The van der Waals surface area contributed by atoms with Crippen LogP contribution in [-0.4, -0.2) is 36.0 Å². The molecule has 1 fully saturated rings.